The molecule has 0 spiro atoms. The first-order valence-corrected chi connectivity index (χ1v) is 0.762. The van der Waals surface area contributed by atoms with E-state index in [0.717, 1.165) is 0 Å². The number of hydrogen-bond acceptors (Lipinski definition) is 3. The number of hydrazine groups is 1. The molecule has 0 aliphatic rings. The van der Waals surface area contributed by atoms with Crippen molar-refractivity contribution >= 4 is 0 Å². The quantitative estimate of drug-likeness (QED) is 0.152. The van der Waals surface area contributed by atoms with E-state index in [1.807, 2.05) is 0 Å². The highest BCUT2D eigenvalue weighted by molar-refractivity contribution is 4.53. The highest BCUT2D eigenvalue weighted by Crippen LogP contribution is 1.08. The van der Waals surface area contributed by atoms with E-state index in [1.165, 1.54) is 6.19 Å². The smallest absolute Gasteiger partial charge is 0.192 e. The highest BCUT2D eigenvalue weighted by Gasteiger charge is 1.38. The Balaban J connectivity index is 0. The maximum Gasteiger partial charge on any atom is 0.192 e. The van der Waals surface area contributed by atoms with Crippen LogP contribution in [-0.2, 0) is 0 Å². The van der Waals surface area contributed by atoms with Crippen molar-refractivity contribution in [2.75, 3.05) is 0 Å². The minimum atomic E-state index is 0. The molecule has 0 amide bonds. The van der Waals surface area contributed by atoms with E-state index in [2.05, 4.69) is 5.84 Å². The van der Waals surface area contributed by atoms with Gasteiger partial charge < -0.3 is 5.48 Å². The molecule has 0 rings (SSSR count). The summed E-state index contributed by atoms with van der Waals surface area (Å²) in [4.78, 5) is 0. The van der Waals surface area contributed by atoms with E-state index in [9.17, 15) is 0 Å². The normalized spacial score (nSPS) is 3.20. The topological polar surface area (TPSA) is 93.3 Å². The zero-order valence-electron chi connectivity index (χ0n) is 2.52. The minimum Gasteiger partial charge on any atom is -0.412 e. The third-order valence-corrected chi connectivity index (χ3v) is 0.0645. The van der Waals surface area contributed by atoms with Crippen molar-refractivity contribution in [2.45, 2.75) is 0 Å². The van der Waals surface area contributed by atoms with Gasteiger partial charge in [-0.05, 0) is 0 Å². The molecule has 0 saturated carbocycles. The van der Waals surface area contributed by atoms with Crippen molar-refractivity contribution in [3.63, 3.8) is 0 Å². The van der Waals surface area contributed by atoms with E-state index in [-0.39, 0.29) is 5.48 Å². The van der Waals surface area contributed by atoms with Crippen LogP contribution in [0.4, 0.5) is 0 Å². The van der Waals surface area contributed by atoms with Crippen molar-refractivity contribution < 1.29 is 5.48 Å². The fourth-order valence-corrected chi connectivity index (χ4v) is 0. The number of nitrogens with zero attached hydrogens (tertiary/aromatic N) is 1. The zero-order chi connectivity index (χ0) is 3.41. The van der Waals surface area contributed by atoms with E-state index in [4.69, 9.17) is 5.26 Å². The largest absolute Gasteiger partial charge is 0.412 e. The van der Waals surface area contributed by atoms with Gasteiger partial charge in [-0.2, -0.15) is 5.26 Å². The van der Waals surface area contributed by atoms with Gasteiger partial charge in [-0.3, -0.25) is 5.43 Å². The standard InChI is InChI=1S/CH3N3.H2O/c2-1-4-3;/h4H,3H2;1H2. The molecule has 0 aliphatic carbocycles. The van der Waals surface area contributed by atoms with Gasteiger partial charge in [0.25, 0.3) is 0 Å². The van der Waals surface area contributed by atoms with Crippen molar-refractivity contribution in [3.8, 4) is 6.19 Å². The lowest BCUT2D eigenvalue weighted by molar-refractivity contribution is 0.824. The van der Waals surface area contributed by atoms with Gasteiger partial charge in [0.1, 0.15) is 0 Å². The molecule has 0 atom stereocenters. The summed E-state index contributed by atoms with van der Waals surface area (Å²) < 4.78 is 0. The lowest BCUT2D eigenvalue weighted by atomic mass is 11.4. The summed E-state index contributed by atoms with van der Waals surface area (Å²) in [6.07, 6.45) is 1.46. The van der Waals surface area contributed by atoms with Crippen molar-refractivity contribution in [2.24, 2.45) is 5.84 Å². The number of nitriles is 1. The van der Waals surface area contributed by atoms with Crippen molar-refractivity contribution in [3.05, 3.63) is 0 Å². The van der Waals surface area contributed by atoms with Crippen LogP contribution in [-0.4, -0.2) is 5.48 Å². The predicted octanol–water partition coefficient (Wildman–Crippen LogP) is -1.89. The molecule has 4 nitrogen and oxygen atoms in total. The molecule has 0 heterocycles. The molecular weight excluding hydrogens is 70.0 g/mol. The second-order valence-electron chi connectivity index (χ2n) is 0.256. The third-order valence-electron chi connectivity index (χ3n) is 0.0645. The Morgan fingerprint density at radius 3 is 2.00 bits per heavy atom. The van der Waals surface area contributed by atoms with Gasteiger partial charge in [0.05, 0.1) is 0 Å². The summed E-state index contributed by atoms with van der Waals surface area (Å²) in [7, 11) is 0. The number of nitrogens with one attached hydrogen (secondary N) is 1. The van der Waals surface area contributed by atoms with Gasteiger partial charge in [-0.25, -0.2) is 5.84 Å². The maximum absolute atomic E-state index is 7.39. The predicted molar refractivity (Wildman–Crippen MR) is 16.5 cm³/mol. The first-order valence-electron chi connectivity index (χ1n) is 0.762. The molecule has 0 bridgehead atoms. The van der Waals surface area contributed by atoms with Crippen LogP contribution in [0, 0.1) is 11.5 Å². The summed E-state index contributed by atoms with van der Waals surface area (Å²) in [6, 6.07) is 0. The Bertz CT molecular complexity index is 36.6. The van der Waals surface area contributed by atoms with Crippen LogP contribution in [0.5, 0.6) is 0 Å². The molecule has 30 valence electrons. The molecule has 5 N–H and O–H groups in total. The Labute approximate surface area is 29.5 Å². The molecule has 0 unspecified atom stereocenters. The number of hydrogen-bond donors (Lipinski definition) is 2. The fourth-order valence-electron chi connectivity index (χ4n) is 0. The van der Waals surface area contributed by atoms with Crippen LogP contribution in [0.1, 0.15) is 0 Å². The third kappa shape index (κ3) is 107. The second-order valence-corrected chi connectivity index (χ2v) is 0.256. The Hall–Kier alpha value is -0.790. The van der Waals surface area contributed by atoms with E-state index in [1.54, 1.807) is 5.43 Å². The van der Waals surface area contributed by atoms with Gasteiger partial charge >= 0.3 is 0 Å². The van der Waals surface area contributed by atoms with Crippen molar-refractivity contribution in [1.29, 1.82) is 5.26 Å². The summed E-state index contributed by atoms with van der Waals surface area (Å²) in [5, 5.41) is 7.39. The van der Waals surface area contributed by atoms with Crippen molar-refractivity contribution in [1.82, 2.24) is 5.43 Å². The summed E-state index contributed by atoms with van der Waals surface area (Å²) in [5.41, 5.74) is 1.74. The number of nitrogens with two attached hydrogens (primary N) is 1. The molecular formula is CH5N3O. The highest BCUT2D eigenvalue weighted by atomic mass is 16.0. The van der Waals surface area contributed by atoms with Crippen LogP contribution >= 0.6 is 0 Å². The van der Waals surface area contributed by atoms with Gasteiger partial charge in [0, 0.05) is 0 Å². The van der Waals surface area contributed by atoms with E-state index in [0.29, 0.717) is 0 Å². The first-order chi connectivity index (χ1) is 1.91. The second kappa shape index (κ2) is 10.7. The molecule has 0 aliphatic heterocycles. The van der Waals surface area contributed by atoms with Crippen LogP contribution in [0.15, 0.2) is 0 Å². The van der Waals surface area contributed by atoms with Crippen LogP contribution < -0.4 is 11.3 Å². The average molecular weight is 75.1 g/mol. The van der Waals surface area contributed by atoms with E-state index >= 15 is 0 Å². The summed E-state index contributed by atoms with van der Waals surface area (Å²) >= 11 is 0. The van der Waals surface area contributed by atoms with Crippen LogP contribution in [0.25, 0.3) is 0 Å². The molecule has 0 aromatic rings. The molecule has 5 heavy (non-hydrogen) atoms. The number of rotatable bonds is 0. The minimum absolute atomic E-state index is 0. The van der Waals surface area contributed by atoms with Gasteiger partial charge in [0.15, 0.2) is 6.19 Å². The SMILES string of the molecule is N#CNN.O. The fraction of sp³-hybridized carbons (Fsp3) is 0. The molecule has 0 aromatic heterocycles. The average Bonchev–Trinajstić information content (AvgIpc) is 1.37. The molecule has 0 aromatic carbocycles. The molecule has 0 radical (unpaired) electrons. The summed E-state index contributed by atoms with van der Waals surface area (Å²) in [5.74, 6) is 4.42. The molecule has 0 saturated heterocycles. The van der Waals surface area contributed by atoms with Crippen LogP contribution in [0.3, 0.4) is 0 Å². The molecule has 0 fully saturated rings. The monoisotopic (exact) mass is 75.0 g/mol. The lowest BCUT2D eigenvalue weighted by Gasteiger charge is -1.62. The van der Waals surface area contributed by atoms with Crippen LogP contribution in [0.2, 0.25) is 0 Å². The van der Waals surface area contributed by atoms with Gasteiger partial charge in [0.2, 0.25) is 0 Å². The Kier molecular flexibility index (Phi) is 19.0. The summed E-state index contributed by atoms with van der Waals surface area (Å²) in [6.45, 7) is 0. The first kappa shape index (κ1) is 8.88. The zero-order valence-corrected chi connectivity index (χ0v) is 2.52. The van der Waals surface area contributed by atoms with E-state index < -0.39 is 0 Å². The van der Waals surface area contributed by atoms with Gasteiger partial charge in [-0.1, -0.05) is 0 Å². The lowest BCUT2D eigenvalue weighted by Crippen LogP contribution is -2.12. The Morgan fingerprint density at radius 2 is 2.00 bits per heavy atom. The maximum atomic E-state index is 7.39. The molecule has 4 heteroatoms. The Morgan fingerprint density at radius 1 is 1.80 bits per heavy atom. The van der Waals surface area contributed by atoms with Gasteiger partial charge in [-0.15, -0.1) is 0 Å².